The van der Waals surface area contributed by atoms with E-state index in [9.17, 15) is 4.79 Å². The fourth-order valence-corrected chi connectivity index (χ4v) is 2.19. The van der Waals surface area contributed by atoms with E-state index in [1.807, 2.05) is 6.92 Å². The summed E-state index contributed by atoms with van der Waals surface area (Å²) in [5.41, 5.74) is 2.37. The minimum atomic E-state index is -0.0604. The van der Waals surface area contributed by atoms with Crippen LogP contribution in [0.5, 0.6) is 5.75 Å². The smallest absolute Gasteiger partial charge is 0.251 e. The van der Waals surface area contributed by atoms with E-state index in [2.05, 4.69) is 27.9 Å². The second-order valence-corrected chi connectivity index (χ2v) is 5.74. The molecule has 0 saturated carbocycles. The fraction of sp³-hybridized carbons (Fsp3) is 0.400. The zero-order valence-corrected chi connectivity index (χ0v) is 13.2. The average Bonchev–Trinajstić information content (AvgIpc) is 2.88. The van der Waals surface area contributed by atoms with Gasteiger partial charge in [0.1, 0.15) is 18.1 Å². The number of aryl methyl sites for hydroxylation is 1. The standard InChI is InChI=1S/C15H19N3O2S/c1-10(2)8-16-15(19)12-4-6-13(7-5-12)20-9-14-11(3)17-21-18-14/h4-7,10H,8-9H2,1-3H3,(H,16,19). The Kier molecular flexibility index (Phi) is 5.27. The molecule has 1 aromatic carbocycles. The highest BCUT2D eigenvalue weighted by atomic mass is 32.1. The number of carbonyl (C=O) groups excluding carboxylic acids is 1. The van der Waals surface area contributed by atoms with Gasteiger partial charge in [-0.3, -0.25) is 4.79 Å². The molecule has 0 spiro atoms. The lowest BCUT2D eigenvalue weighted by atomic mass is 10.2. The van der Waals surface area contributed by atoms with Crippen LogP contribution in [-0.2, 0) is 6.61 Å². The highest BCUT2D eigenvalue weighted by Gasteiger charge is 2.07. The van der Waals surface area contributed by atoms with Crippen LogP contribution in [0.2, 0.25) is 0 Å². The number of nitrogens with one attached hydrogen (secondary N) is 1. The van der Waals surface area contributed by atoms with Crippen LogP contribution in [0.3, 0.4) is 0 Å². The first-order valence-electron chi connectivity index (χ1n) is 6.85. The Morgan fingerprint density at radius 1 is 1.29 bits per heavy atom. The normalized spacial score (nSPS) is 10.7. The first-order valence-corrected chi connectivity index (χ1v) is 7.58. The van der Waals surface area contributed by atoms with Gasteiger partial charge < -0.3 is 10.1 Å². The predicted molar refractivity (Wildman–Crippen MR) is 82.6 cm³/mol. The summed E-state index contributed by atoms with van der Waals surface area (Å²) in [5, 5.41) is 2.88. The van der Waals surface area contributed by atoms with Crippen LogP contribution in [0.4, 0.5) is 0 Å². The number of carbonyl (C=O) groups is 1. The molecule has 0 saturated heterocycles. The number of nitrogens with zero attached hydrogens (tertiary/aromatic N) is 2. The molecule has 2 aromatic rings. The van der Waals surface area contributed by atoms with E-state index in [4.69, 9.17) is 4.74 Å². The Bertz CT molecular complexity index is 593. The van der Waals surface area contributed by atoms with Gasteiger partial charge in [0, 0.05) is 12.1 Å². The first kappa shape index (κ1) is 15.4. The zero-order chi connectivity index (χ0) is 15.2. The second kappa shape index (κ2) is 7.17. The third-order valence-corrected chi connectivity index (χ3v) is 3.57. The third-order valence-electron chi connectivity index (χ3n) is 2.91. The SMILES string of the molecule is Cc1nsnc1COc1ccc(C(=O)NCC(C)C)cc1. The minimum Gasteiger partial charge on any atom is -0.487 e. The second-order valence-electron chi connectivity index (χ2n) is 5.21. The van der Waals surface area contributed by atoms with Crippen LogP contribution in [-0.4, -0.2) is 21.2 Å². The highest BCUT2D eigenvalue weighted by Crippen LogP contribution is 2.15. The Hall–Kier alpha value is -1.95. The van der Waals surface area contributed by atoms with Crippen molar-refractivity contribution in [3.63, 3.8) is 0 Å². The van der Waals surface area contributed by atoms with Gasteiger partial charge in [0.15, 0.2) is 0 Å². The van der Waals surface area contributed by atoms with Crippen molar-refractivity contribution in [3.05, 3.63) is 41.2 Å². The van der Waals surface area contributed by atoms with Crippen molar-refractivity contribution < 1.29 is 9.53 Å². The quantitative estimate of drug-likeness (QED) is 0.891. The number of ether oxygens (including phenoxy) is 1. The number of aromatic nitrogens is 2. The molecule has 2 rings (SSSR count). The lowest BCUT2D eigenvalue weighted by Gasteiger charge is -2.08. The summed E-state index contributed by atoms with van der Waals surface area (Å²) >= 11 is 1.18. The monoisotopic (exact) mass is 305 g/mol. The fourth-order valence-electron chi connectivity index (χ4n) is 1.63. The summed E-state index contributed by atoms with van der Waals surface area (Å²) in [6.45, 7) is 7.10. The van der Waals surface area contributed by atoms with Gasteiger partial charge in [-0.25, -0.2) is 0 Å². The number of hydrogen-bond donors (Lipinski definition) is 1. The topological polar surface area (TPSA) is 64.1 Å². The van der Waals surface area contributed by atoms with Crippen molar-refractivity contribution in [1.29, 1.82) is 0 Å². The Labute approximate surface area is 128 Å². The maximum Gasteiger partial charge on any atom is 0.251 e. The van der Waals surface area contributed by atoms with Crippen LogP contribution in [0.25, 0.3) is 0 Å². The summed E-state index contributed by atoms with van der Waals surface area (Å²) in [6, 6.07) is 7.10. The molecule has 21 heavy (non-hydrogen) atoms. The van der Waals surface area contributed by atoms with Crippen molar-refractivity contribution in [2.24, 2.45) is 5.92 Å². The molecule has 1 aromatic heterocycles. The molecule has 0 unspecified atom stereocenters. The maximum absolute atomic E-state index is 11.9. The molecule has 6 heteroatoms. The Morgan fingerprint density at radius 2 is 2.00 bits per heavy atom. The highest BCUT2D eigenvalue weighted by molar-refractivity contribution is 6.99. The molecule has 0 bridgehead atoms. The molecule has 1 heterocycles. The molecule has 0 fully saturated rings. The summed E-state index contributed by atoms with van der Waals surface area (Å²) in [5.74, 6) is 1.09. The summed E-state index contributed by atoms with van der Waals surface area (Å²) < 4.78 is 13.9. The average molecular weight is 305 g/mol. The van der Waals surface area contributed by atoms with Gasteiger partial charge >= 0.3 is 0 Å². The molecular formula is C15H19N3O2S. The molecule has 0 aliphatic rings. The molecule has 0 atom stereocenters. The molecule has 112 valence electrons. The largest absolute Gasteiger partial charge is 0.487 e. The predicted octanol–water partition coefficient (Wildman–Crippen LogP) is 2.81. The first-order chi connectivity index (χ1) is 10.1. The molecule has 1 amide bonds. The number of hydrogen-bond acceptors (Lipinski definition) is 5. The van der Waals surface area contributed by atoms with Crippen molar-refractivity contribution in [3.8, 4) is 5.75 Å². The molecule has 0 aliphatic carbocycles. The summed E-state index contributed by atoms with van der Waals surface area (Å²) in [6.07, 6.45) is 0. The van der Waals surface area contributed by atoms with Crippen LogP contribution >= 0.6 is 11.7 Å². The van der Waals surface area contributed by atoms with Gasteiger partial charge in [-0.05, 0) is 37.1 Å². The summed E-state index contributed by atoms with van der Waals surface area (Å²) in [4.78, 5) is 11.9. The van der Waals surface area contributed by atoms with Gasteiger partial charge in [-0.2, -0.15) is 8.75 Å². The zero-order valence-electron chi connectivity index (χ0n) is 12.4. The van der Waals surface area contributed by atoms with E-state index < -0.39 is 0 Å². The Morgan fingerprint density at radius 3 is 2.57 bits per heavy atom. The van der Waals surface area contributed by atoms with E-state index in [1.54, 1.807) is 24.3 Å². The third kappa shape index (κ3) is 4.53. The molecule has 0 radical (unpaired) electrons. The van der Waals surface area contributed by atoms with Crippen LogP contribution < -0.4 is 10.1 Å². The van der Waals surface area contributed by atoms with Crippen LogP contribution in [0, 0.1) is 12.8 Å². The molecule has 5 nitrogen and oxygen atoms in total. The van der Waals surface area contributed by atoms with Gasteiger partial charge in [-0.1, -0.05) is 13.8 Å². The van der Waals surface area contributed by atoms with Gasteiger partial charge in [-0.15, -0.1) is 0 Å². The minimum absolute atomic E-state index is 0.0604. The molecule has 0 aliphatic heterocycles. The lowest BCUT2D eigenvalue weighted by molar-refractivity contribution is 0.0949. The van der Waals surface area contributed by atoms with Crippen molar-refractivity contribution in [2.45, 2.75) is 27.4 Å². The van der Waals surface area contributed by atoms with Gasteiger partial charge in [0.2, 0.25) is 0 Å². The lowest BCUT2D eigenvalue weighted by Crippen LogP contribution is -2.27. The van der Waals surface area contributed by atoms with E-state index in [-0.39, 0.29) is 5.91 Å². The number of rotatable bonds is 6. The van der Waals surface area contributed by atoms with Crippen LogP contribution in [0.15, 0.2) is 24.3 Å². The summed E-state index contributed by atoms with van der Waals surface area (Å²) in [7, 11) is 0. The number of amides is 1. The van der Waals surface area contributed by atoms with E-state index >= 15 is 0 Å². The van der Waals surface area contributed by atoms with Crippen molar-refractivity contribution >= 4 is 17.6 Å². The van der Waals surface area contributed by atoms with Gasteiger partial charge in [0.05, 0.1) is 17.4 Å². The van der Waals surface area contributed by atoms with E-state index in [0.717, 1.165) is 11.4 Å². The van der Waals surface area contributed by atoms with Gasteiger partial charge in [0.25, 0.3) is 5.91 Å². The van der Waals surface area contributed by atoms with Crippen molar-refractivity contribution in [1.82, 2.24) is 14.1 Å². The maximum atomic E-state index is 11.9. The number of benzene rings is 1. The Balaban J connectivity index is 1.89. The van der Waals surface area contributed by atoms with E-state index in [1.165, 1.54) is 11.7 Å². The van der Waals surface area contributed by atoms with Crippen molar-refractivity contribution in [2.75, 3.05) is 6.54 Å². The van der Waals surface area contributed by atoms with Crippen LogP contribution in [0.1, 0.15) is 35.6 Å². The molecule has 1 N–H and O–H groups in total. The molecular weight excluding hydrogens is 286 g/mol. The van der Waals surface area contributed by atoms with E-state index in [0.29, 0.717) is 30.4 Å².